The molecule has 4 rings (SSSR count). The predicted molar refractivity (Wildman–Crippen MR) is 114 cm³/mol. The normalized spacial score (nSPS) is 12.6. The Labute approximate surface area is 184 Å². The Morgan fingerprint density at radius 2 is 2.22 bits per heavy atom. The molecule has 0 fully saturated rings. The number of carbonyl (C=O) groups is 2. The molecule has 1 aliphatic rings. The number of aryl methyl sites for hydroxylation is 1. The van der Waals surface area contributed by atoms with Crippen LogP contribution in [0.2, 0.25) is 0 Å². The Hall–Kier alpha value is -4.19. The molecule has 0 bridgehead atoms. The highest BCUT2D eigenvalue weighted by Gasteiger charge is 2.28. The van der Waals surface area contributed by atoms with Gasteiger partial charge >= 0.3 is 0 Å². The molecule has 32 heavy (non-hydrogen) atoms. The largest absolute Gasteiger partial charge is 0.482 e. The van der Waals surface area contributed by atoms with Crippen molar-refractivity contribution in [2.75, 3.05) is 18.1 Å². The zero-order valence-corrected chi connectivity index (χ0v) is 17.5. The first-order chi connectivity index (χ1) is 15.5. The molecule has 2 aromatic heterocycles. The van der Waals surface area contributed by atoms with Crippen LogP contribution in [0.25, 0.3) is 0 Å². The monoisotopic (exact) mass is 431 g/mol. The highest BCUT2D eigenvalue weighted by Crippen LogP contribution is 2.33. The highest BCUT2D eigenvalue weighted by atomic mass is 16.5. The molecular weight excluding hydrogens is 410 g/mol. The van der Waals surface area contributed by atoms with Gasteiger partial charge in [0, 0.05) is 25.5 Å². The lowest BCUT2D eigenvalue weighted by Gasteiger charge is -2.28. The van der Waals surface area contributed by atoms with Crippen LogP contribution in [0.15, 0.2) is 53.4 Å². The van der Waals surface area contributed by atoms with Crippen LogP contribution in [0, 0.1) is 18.3 Å². The molecule has 0 aliphatic carbocycles. The van der Waals surface area contributed by atoms with Gasteiger partial charge < -0.3 is 14.1 Å². The lowest BCUT2D eigenvalue weighted by Crippen LogP contribution is -2.38. The number of ether oxygens (including phenoxy) is 1. The summed E-state index contributed by atoms with van der Waals surface area (Å²) in [5, 5.41) is 8.96. The summed E-state index contributed by atoms with van der Waals surface area (Å²) in [4.78, 5) is 36.9. The molecule has 0 saturated heterocycles. The van der Waals surface area contributed by atoms with Gasteiger partial charge in [0.2, 0.25) is 5.89 Å². The maximum Gasteiger partial charge on any atom is 0.276 e. The first-order valence-corrected chi connectivity index (χ1v) is 10.1. The molecule has 0 saturated carbocycles. The lowest BCUT2D eigenvalue weighted by molar-refractivity contribution is -0.121. The van der Waals surface area contributed by atoms with Crippen LogP contribution in [0.4, 0.5) is 5.69 Å². The number of pyridine rings is 1. The number of fused-ring (bicyclic) bond motifs is 1. The smallest absolute Gasteiger partial charge is 0.276 e. The van der Waals surface area contributed by atoms with E-state index in [1.54, 1.807) is 18.5 Å². The van der Waals surface area contributed by atoms with E-state index in [0.717, 1.165) is 11.1 Å². The van der Waals surface area contributed by atoms with Gasteiger partial charge in [0.25, 0.3) is 11.8 Å². The fourth-order valence-corrected chi connectivity index (χ4v) is 3.41. The first kappa shape index (κ1) is 21.1. The first-order valence-electron chi connectivity index (χ1n) is 10.1. The molecule has 0 N–H and O–H groups in total. The molecule has 0 radical (unpaired) electrons. The third-order valence-electron chi connectivity index (χ3n) is 5.00. The summed E-state index contributed by atoms with van der Waals surface area (Å²) in [5.41, 5.74) is 2.58. The standard InChI is InChI=1S/C23H21N5O4/c1-16-5-6-20-19(10-16)28(22(29)15-31-20)13-21-26-18(14-32-21)23(30)27(9-3-7-24)12-17-4-2-8-25-11-17/h2,4-6,8,10-11,14H,3,9,12-13,15H2,1H3. The van der Waals surface area contributed by atoms with E-state index in [4.69, 9.17) is 14.4 Å². The highest BCUT2D eigenvalue weighted by molar-refractivity contribution is 5.97. The van der Waals surface area contributed by atoms with Gasteiger partial charge in [0.15, 0.2) is 12.3 Å². The number of aromatic nitrogens is 2. The van der Waals surface area contributed by atoms with Crippen LogP contribution in [0.5, 0.6) is 5.75 Å². The average molecular weight is 431 g/mol. The SMILES string of the molecule is Cc1ccc2c(c1)N(Cc1nc(C(=O)N(CCC#N)Cc3cccnc3)co1)C(=O)CO2. The van der Waals surface area contributed by atoms with E-state index >= 15 is 0 Å². The number of hydrogen-bond donors (Lipinski definition) is 0. The van der Waals surface area contributed by atoms with Crippen molar-refractivity contribution in [2.45, 2.75) is 26.4 Å². The molecule has 3 aromatic rings. The number of hydrogen-bond acceptors (Lipinski definition) is 7. The minimum atomic E-state index is -0.358. The Bertz CT molecular complexity index is 1170. The number of amides is 2. The van der Waals surface area contributed by atoms with Crippen molar-refractivity contribution in [1.29, 1.82) is 5.26 Å². The van der Waals surface area contributed by atoms with Gasteiger partial charge in [-0.25, -0.2) is 4.98 Å². The summed E-state index contributed by atoms with van der Waals surface area (Å²) in [6.45, 7) is 2.48. The number of carbonyl (C=O) groups excluding carboxylic acids is 2. The van der Waals surface area contributed by atoms with E-state index in [0.29, 0.717) is 18.0 Å². The molecule has 9 heteroatoms. The molecule has 9 nitrogen and oxygen atoms in total. The second-order valence-corrected chi connectivity index (χ2v) is 7.36. The fraction of sp³-hybridized carbons (Fsp3) is 0.261. The van der Waals surface area contributed by atoms with E-state index < -0.39 is 0 Å². The number of oxazole rings is 1. The van der Waals surface area contributed by atoms with Gasteiger partial charge in [0.1, 0.15) is 18.6 Å². The summed E-state index contributed by atoms with van der Waals surface area (Å²) >= 11 is 0. The third-order valence-corrected chi connectivity index (χ3v) is 5.00. The average Bonchev–Trinajstić information content (AvgIpc) is 3.27. The van der Waals surface area contributed by atoms with Crippen molar-refractivity contribution in [2.24, 2.45) is 0 Å². The second kappa shape index (κ2) is 9.31. The van der Waals surface area contributed by atoms with Crippen LogP contribution in [0.1, 0.15) is 33.9 Å². The van der Waals surface area contributed by atoms with Crippen LogP contribution in [-0.4, -0.2) is 39.8 Å². The fourth-order valence-electron chi connectivity index (χ4n) is 3.41. The van der Waals surface area contributed by atoms with Gasteiger partial charge in [-0.15, -0.1) is 0 Å². The minimum Gasteiger partial charge on any atom is -0.482 e. The van der Waals surface area contributed by atoms with Gasteiger partial charge in [-0.3, -0.25) is 19.5 Å². The quantitative estimate of drug-likeness (QED) is 0.565. The van der Waals surface area contributed by atoms with E-state index in [9.17, 15) is 9.59 Å². The molecule has 3 heterocycles. The maximum atomic E-state index is 13.0. The van der Waals surface area contributed by atoms with Crippen LogP contribution in [-0.2, 0) is 17.9 Å². The summed E-state index contributed by atoms with van der Waals surface area (Å²) in [6.07, 6.45) is 4.79. The Morgan fingerprint density at radius 1 is 1.34 bits per heavy atom. The number of benzene rings is 1. The Kier molecular flexibility index (Phi) is 6.12. The molecule has 1 aromatic carbocycles. The van der Waals surface area contributed by atoms with Crippen molar-refractivity contribution >= 4 is 17.5 Å². The van der Waals surface area contributed by atoms with E-state index in [2.05, 4.69) is 16.0 Å². The zero-order chi connectivity index (χ0) is 22.5. The Balaban J connectivity index is 1.52. The number of nitrogens with zero attached hydrogens (tertiary/aromatic N) is 5. The van der Waals surface area contributed by atoms with Crippen molar-refractivity contribution in [3.63, 3.8) is 0 Å². The van der Waals surface area contributed by atoms with Crippen molar-refractivity contribution in [3.8, 4) is 11.8 Å². The van der Waals surface area contributed by atoms with Crippen LogP contribution < -0.4 is 9.64 Å². The topological polar surface area (TPSA) is 113 Å². The van der Waals surface area contributed by atoms with Crippen molar-refractivity contribution in [3.05, 3.63) is 71.7 Å². The summed E-state index contributed by atoms with van der Waals surface area (Å²) in [5.74, 6) is 0.264. The van der Waals surface area contributed by atoms with Gasteiger partial charge in [0.05, 0.1) is 18.2 Å². The summed E-state index contributed by atoms with van der Waals surface area (Å²) in [6, 6.07) is 11.3. The number of anilines is 1. The zero-order valence-electron chi connectivity index (χ0n) is 17.5. The van der Waals surface area contributed by atoms with Gasteiger partial charge in [-0.2, -0.15) is 5.26 Å². The summed E-state index contributed by atoms with van der Waals surface area (Å²) < 4.78 is 11.0. The second-order valence-electron chi connectivity index (χ2n) is 7.36. The van der Waals surface area contributed by atoms with Gasteiger partial charge in [-0.1, -0.05) is 12.1 Å². The Morgan fingerprint density at radius 3 is 3.00 bits per heavy atom. The predicted octanol–water partition coefficient (Wildman–Crippen LogP) is 2.86. The maximum absolute atomic E-state index is 13.0. The molecule has 0 atom stereocenters. The van der Waals surface area contributed by atoms with Crippen molar-refractivity contribution in [1.82, 2.24) is 14.9 Å². The van der Waals surface area contributed by atoms with E-state index in [1.165, 1.54) is 16.1 Å². The molecular formula is C23H21N5O4. The summed E-state index contributed by atoms with van der Waals surface area (Å²) in [7, 11) is 0. The molecule has 0 unspecified atom stereocenters. The number of rotatable bonds is 7. The van der Waals surface area contributed by atoms with Crippen LogP contribution >= 0.6 is 0 Å². The molecule has 1 aliphatic heterocycles. The number of nitriles is 1. The molecule has 0 spiro atoms. The van der Waals surface area contributed by atoms with E-state index in [-0.39, 0.29) is 49.5 Å². The lowest BCUT2D eigenvalue weighted by atomic mass is 10.1. The third kappa shape index (κ3) is 4.59. The molecule has 2 amide bonds. The minimum absolute atomic E-state index is 0.0738. The van der Waals surface area contributed by atoms with Gasteiger partial charge in [-0.05, 0) is 36.2 Å². The van der Waals surface area contributed by atoms with Crippen LogP contribution in [0.3, 0.4) is 0 Å². The van der Waals surface area contributed by atoms with E-state index in [1.807, 2.05) is 31.2 Å². The van der Waals surface area contributed by atoms with Crippen molar-refractivity contribution < 1.29 is 18.7 Å². The molecule has 162 valence electrons.